The molecule has 0 heterocycles. The third-order valence-electron chi connectivity index (χ3n) is 5.97. The van der Waals surface area contributed by atoms with Crippen LogP contribution in [-0.2, 0) is 16.6 Å². The zero-order valence-electron chi connectivity index (χ0n) is 21.3. The van der Waals surface area contributed by atoms with Crippen molar-refractivity contribution in [1.29, 1.82) is 0 Å². The van der Waals surface area contributed by atoms with Gasteiger partial charge in [-0.2, -0.15) is 0 Å². The molecule has 1 unspecified atom stereocenters. The zero-order chi connectivity index (χ0) is 25.8. The monoisotopic (exact) mass is 494 g/mol. The lowest BCUT2D eigenvalue weighted by atomic mass is 10.0. The van der Waals surface area contributed by atoms with E-state index in [1.54, 1.807) is 31.4 Å². The molecule has 7 heteroatoms. The van der Waals surface area contributed by atoms with Crippen LogP contribution < -0.4 is 14.4 Å². The van der Waals surface area contributed by atoms with E-state index in [0.717, 1.165) is 40.0 Å². The van der Waals surface area contributed by atoms with Crippen molar-refractivity contribution in [2.24, 2.45) is 0 Å². The molecule has 0 aromatic heterocycles. The van der Waals surface area contributed by atoms with Gasteiger partial charge in [0, 0.05) is 5.56 Å². The lowest BCUT2D eigenvalue weighted by Gasteiger charge is -2.23. The summed E-state index contributed by atoms with van der Waals surface area (Å²) in [7, 11) is -1.85. The van der Waals surface area contributed by atoms with Gasteiger partial charge in [-0.15, -0.1) is 0 Å². The van der Waals surface area contributed by atoms with Crippen LogP contribution in [0.1, 0.15) is 57.6 Å². The number of ether oxygens (including phenoxy) is 1. The SMILES string of the molecule is CCC(NC(=O)c1ccc(CN(c2cc(C)cc(C)c2)S(C)(=O)=O)cc1)c1ccc(OC)c(C)c1. The first-order valence-electron chi connectivity index (χ1n) is 11.6. The Morgan fingerprint density at radius 2 is 1.60 bits per heavy atom. The first-order valence-corrected chi connectivity index (χ1v) is 13.5. The van der Waals surface area contributed by atoms with E-state index in [-0.39, 0.29) is 18.5 Å². The maximum Gasteiger partial charge on any atom is 0.251 e. The van der Waals surface area contributed by atoms with Gasteiger partial charge < -0.3 is 10.1 Å². The minimum Gasteiger partial charge on any atom is -0.496 e. The van der Waals surface area contributed by atoms with Crippen LogP contribution >= 0.6 is 0 Å². The summed E-state index contributed by atoms with van der Waals surface area (Å²) in [5.74, 6) is 0.639. The van der Waals surface area contributed by atoms with Crippen molar-refractivity contribution >= 4 is 21.6 Å². The standard InChI is InChI=1S/C28H34N2O4S/c1-7-26(24-12-13-27(34-5)21(4)17-24)29-28(31)23-10-8-22(9-11-23)18-30(35(6,32)33)25-15-19(2)14-20(3)16-25/h8-17,26H,7,18H2,1-6H3,(H,29,31). The fourth-order valence-electron chi connectivity index (χ4n) is 4.20. The number of carbonyl (C=O) groups is 1. The Morgan fingerprint density at radius 1 is 0.971 bits per heavy atom. The number of sulfonamides is 1. The van der Waals surface area contributed by atoms with Crippen molar-refractivity contribution in [3.63, 3.8) is 0 Å². The average Bonchev–Trinajstić information content (AvgIpc) is 2.79. The van der Waals surface area contributed by atoms with Gasteiger partial charge >= 0.3 is 0 Å². The van der Waals surface area contributed by atoms with Crippen molar-refractivity contribution in [2.45, 2.75) is 46.7 Å². The van der Waals surface area contributed by atoms with Crippen LogP contribution in [0.5, 0.6) is 5.75 Å². The van der Waals surface area contributed by atoms with Gasteiger partial charge in [0.2, 0.25) is 10.0 Å². The molecule has 0 spiro atoms. The molecule has 0 bridgehead atoms. The normalized spacial score (nSPS) is 12.2. The molecule has 0 fully saturated rings. The largest absolute Gasteiger partial charge is 0.496 e. The molecule has 0 radical (unpaired) electrons. The molecule has 186 valence electrons. The number of nitrogens with zero attached hydrogens (tertiary/aromatic N) is 1. The van der Waals surface area contributed by atoms with Gasteiger partial charge in [-0.25, -0.2) is 8.42 Å². The Morgan fingerprint density at radius 3 is 2.11 bits per heavy atom. The second-order valence-corrected chi connectivity index (χ2v) is 10.9. The molecule has 3 rings (SSSR count). The number of anilines is 1. The predicted octanol–water partition coefficient (Wildman–Crippen LogP) is 5.47. The van der Waals surface area contributed by atoms with Crippen LogP contribution in [-0.4, -0.2) is 27.7 Å². The third-order valence-corrected chi connectivity index (χ3v) is 7.11. The smallest absolute Gasteiger partial charge is 0.251 e. The summed E-state index contributed by atoms with van der Waals surface area (Å²) in [6, 6.07) is 18.6. The van der Waals surface area contributed by atoms with Crippen molar-refractivity contribution in [3.05, 3.63) is 94.0 Å². The summed E-state index contributed by atoms with van der Waals surface area (Å²) in [4.78, 5) is 12.9. The summed E-state index contributed by atoms with van der Waals surface area (Å²) >= 11 is 0. The molecule has 6 nitrogen and oxygen atoms in total. The molecule has 0 aliphatic heterocycles. The van der Waals surface area contributed by atoms with E-state index in [4.69, 9.17) is 4.74 Å². The second kappa shape index (κ2) is 11.0. The van der Waals surface area contributed by atoms with Crippen LogP contribution in [0, 0.1) is 20.8 Å². The number of methoxy groups -OCH3 is 1. The van der Waals surface area contributed by atoms with Gasteiger partial charge in [0.05, 0.1) is 31.6 Å². The van der Waals surface area contributed by atoms with E-state index in [1.807, 2.05) is 64.1 Å². The molecule has 0 saturated carbocycles. The molecule has 35 heavy (non-hydrogen) atoms. The van der Waals surface area contributed by atoms with Gasteiger partial charge in [0.15, 0.2) is 0 Å². The quantitative estimate of drug-likeness (QED) is 0.428. The van der Waals surface area contributed by atoms with Gasteiger partial charge in [-0.05, 0) is 85.3 Å². The molecule has 0 saturated heterocycles. The Balaban J connectivity index is 1.76. The summed E-state index contributed by atoms with van der Waals surface area (Å²) in [5, 5.41) is 3.10. The molecule has 0 aliphatic rings. The van der Waals surface area contributed by atoms with E-state index in [0.29, 0.717) is 11.3 Å². The third kappa shape index (κ3) is 6.63. The highest BCUT2D eigenvalue weighted by Crippen LogP contribution is 2.26. The summed E-state index contributed by atoms with van der Waals surface area (Å²) < 4.78 is 31.8. The fraction of sp³-hybridized carbons (Fsp3) is 0.321. The van der Waals surface area contributed by atoms with Crippen LogP contribution in [0.15, 0.2) is 60.7 Å². The predicted molar refractivity (Wildman–Crippen MR) is 142 cm³/mol. The van der Waals surface area contributed by atoms with Gasteiger partial charge in [0.1, 0.15) is 5.75 Å². The van der Waals surface area contributed by atoms with Gasteiger partial charge in [-0.3, -0.25) is 9.10 Å². The Hall–Kier alpha value is -3.32. The lowest BCUT2D eigenvalue weighted by molar-refractivity contribution is 0.0935. The Kier molecular flexibility index (Phi) is 8.22. The highest BCUT2D eigenvalue weighted by Gasteiger charge is 2.19. The summed E-state index contributed by atoms with van der Waals surface area (Å²) in [5.41, 5.74) is 5.98. The molecule has 0 aliphatic carbocycles. The number of aryl methyl sites for hydroxylation is 3. The number of rotatable bonds is 9. The molecular weight excluding hydrogens is 460 g/mol. The first-order chi connectivity index (χ1) is 16.5. The second-order valence-electron chi connectivity index (χ2n) is 8.98. The van der Waals surface area contributed by atoms with Crippen molar-refractivity contribution in [3.8, 4) is 5.75 Å². The minimum atomic E-state index is -3.49. The number of nitrogens with one attached hydrogen (secondary N) is 1. The molecule has 1 amide bonds. The van der Waals surface area contributed by atoms with Crippen LogP contribution in [0.25, 0.3) is 0 Å². The highest BCUT2D eigenvalue weighted by molar-refractivity contribution is 7.92. The summed E-state index contributed by atoms with van der Waals surface area (Å²) in [6.45, 7) is 8.09. The van der Waals surface area contributed by atoms with Crippen molar-refractivity contribution in [1.82, 2.24) is 5.32 Å². The maximum atomic E-state index is 12.9. The number of hydrogen-bond acceptors (Lipinski definition) is 4. The lowest BCUT2D eigenvalue weighted by Crippen LogP contribution is -2.30. The summed E-state index contributed by atoms with van der Waals surface area (Å²) in [6.07, 6.45) is 1.95. The number of hydrogen-bond donors (Lipinski definition) is 1. The van der Waals surface area contributed by atoms with Crippen molar-refractivity contribution in [2.75, 3.05) is 17.7 Å². The van der Waals surface area contributed by atoms with Crippen LogP contribution in [0.3, 0.4) is 0 Å². The Labute approximate surface area is 209 Å². The van der Waals surface area contributed by atoms with E-state index >= 15 is 0 Å². The average molecular weight is 495 g/mol. The number of amides is 1. The van der Waals surface area contributed by atoms with Gasteiger partial charge in [0.25, 0.3) is 5.91 Å². The molecule has 3 aromatic carbocycles. The molecule has 3 aromatic rings. The fourth-order valence-corrected chi connectivity index (χ4v) is 5.07. The maximum absolute atomic E-state index is 12.9. The highest BCUT2D eigenvalue weighted by atomic mass is 32.2. The molecule has 1 N–H and O–H groups in total. The Bertz CT molecular complexity index is 1280. The topological polar surface area (TPSA) is 75.7 Å². The molecule has 1 atom stereocenters. The van der Waals surface area contributed by atoms with E-state index in [2.05, 4.69) is 5.32 Å². The van der Waals surface area contributed by atoms with E-state index in [1.165, 1.54) is 10.6 Å². The van der Waals surface area contributed by atoms with E-state index in [9.17, 15) is 13.2 Å². The van der Waals surface area contributed by atoms with Crippen LogP contribution in [0.4, 0.5) is 5.69 Å². The number of benzene rings is 3. The zero-order valence-corrected chi connectivity index (χ0v) is 22.1. The van der Waals surface area contributed by atoms with Crippen LogP contribution in [0.2, 0.25) is 0 Å². The first kappa shape index (κ1) is 26.3. The van der Waals surface area contributed by atoms with Crippen molar-refractivity contribution < 1.29 is 17.9 Å². The van der Waals surface area contributed by atoms with E-state index < -0.39 is 10.0 Å². The van der Waals surface area contributed by atoms with Gasteiger partial charge in [-0.1, -0.05) is 37.3 Å². The molecular formula is C28H34N2O4S. The number of carbonyl (C=O) groups excluding carboxylic acids is 1. The minimum absolute atomic E-state index is 0.128.